The van der Waals surface area contributed by atoms with E-state index in [4.69, 9.17) is 14.2 Å². The number of hydrogen-bond acceptors (Lipinski definition) is 6. The molecule has 30 heavy (non-hydrogen) atoms. The molecule has 0 amide bonds. The van der Waals surface area contributed by atoms with Crippen LogP contribution in [0.5, 0.6) is 0 Å². The fraction of sp³-hybridized carbons (Fsp3) is 0.792. The maximum absolute atomic E-state index is 11.7. The van der Waals surface area contributed by atoms with Crippen molar-refractivity contribution in [3.63, 3.8) is 0 Å². The lowest BCUT2D eigenvalue weighted by Crippen LogP contribution is -2.31. The normalized spacial score (nSPS) is 14.8. The number of hydrogen-bond donors (Lipinski definition) is 0. The van der Waals surface area contributed by atoms with Gasteiger partial charge in [0.15, 0.2) is 0 Å². The quantitative estimate of drug-likeness (QED) is 0.213. The second-order valence-electron chi connectivity index (χ2n) is 9.19. The molecule has 0 N–H and O–H groups in total. The fourth-order valence-corrected chi connectivity index (χ4v) is 2.37. The van der Waals surface area contributed by atoms with Crippen LogP contribution in [-0.4, -0.2) is 37.2 Å². The van der Waals surface area contributed by atoms with Crippen molar-refractivity contribution in [2.75, 3.05) is 13.2 Å². The van der Waals surface area contributed by atoms with E-state index in [0.717, 1.165) is 19.3 Å². The maximum Gasteiger partial charge on any atom is 0.333 e. The van der Waals surface area contributed by atoms with Crippen LogP contribution in [-0.2, 0) is 28.6 Å². The Morgan fingerprint density at radius 1 is 0.833 bits per heavy atom. The van der Waals surface area contributed by atoms with Crippen molar-refractivity contribution < 1.29 is 28.6 Å². The molecule has 1 saturated carbocycles. The first-order valence-electron chi connectivity index (χ1n) is 11.1. The Morgan fingerprint density at radius 2 is 1.30 bits per heavy atom. The largest absolute Gasteiger partial charge is 0.462 e. The molecular formula is C24H42O6. The van der Waals surface area contributed by atoms with E-state index in [1.54, 1.807) is 6.92 Å². The van der Waals surface area contributed by atoms with Crippen LogP contribution in [0, 0.1) is 10.8 Å². The molecule has 0 aliphatic heterocycles. The molecule has 0 unspecified atom stereocenters. The SMILES string of the molecule is C=C(C)C(=O)OCCOC(=O)C(C)(C)CC.CCC(C)(C)C(=O)OC1CCCCC1. The van der Waals surface area contributed by atoms with Crippen LogP contribution in [0.2, 0.25) is 0 Å². The van der Waals surface area contributed by atoms with E-state index in [-0.39, 0.29) is 36.7 Å². The van der Waals surface area contributed by atoms with Crippen LogP contribution in [0.3, 0.4) is 0 Å². The van der Waals surface area contributed by atoms with E-state index >= 15 is 0 Å². The molecule has 0 saturated heterocycles. The molecule has 0 spiro atoms. The molecule has 1 fully saturated rings. The first-order valence-corrected chi connectivity index (χ1v) is 11.1. The highest BCUT2D eigenvalue weighted by molar-refractivity contribution is 5.86. The van der Waals surface area contributed by atoms with E-state index in [1.807, 2.05) is 41.5 Å². The van der Waals surface area contributed by atoms with Crippen LogP contribution in [0.25, 0.3) is 0 Å². The lowest BCUT2D eigenvalue weighted by Gasteiger charge is -2.27. The van der Waals surface area contributed by atoms with Gasteiger partial charge < -0.3 is 14.2 Å². The third-order valence-electron chi connectivity index (χ3n) is 5.60. The number of esters is 3. The van der Waals surface area contributed by atoms with Gasteiger partial charge in [-0.1, -0.05) is 26.8 Å². The fourth-order valence-electron chi connectivity index (χ4n) is 2.37. The van der Waals surface area contributed by atoms with Gasteiger partial charge in [-0.2, -0.15) is 0 Å². The monoisotopic (exact) mass is 426 g/mol. The Morgan fingerprint density at radius 3 is 1.77 bits per heavy atom. The average molecular weight is 427 g/mol. The molecule has 174 valence electrons. The number of carbonyl (C=O) groups is 3. The van der Waals surface area contributed by atoms with Gasteiger partial charge in [0.25, 0.3) is 0 Å². The summed E-state index contributed by atoms with van der Waals surface area (Å²) >= 11 is 0. The van der Waals surface area contributed by atoms with Gasteiger partial charge in [0.1, 0.15) is 19.3 Å². The zero-order valence-corrected chi connectivity index (χ0v) is 20.1. The van der Waals surface area contributed by atoms with Gasteiger partial charge in [-0.25, -0.2) is 4.79 Å². The second-order valence-corrected chi connectivity index (χ2v) is 9.19. The zero-order valence-electron chi connectivity index (χ0n) is 20.1. The molecule has 0 bridgehead atoms. The number of ether oxygens (including phenoxy) is 3. The Labute approximate surface area is 182 Å². The third-order valence-corrected chi connectivity index (χ3v) is 5.60. The standard InChI is InChI=1S/C12H20O4.C12H22O2/c1-6-12(4,5)11(14)16-8-7-15-10(13)9(2)3;1-4-12(2,3)11(13)14-10-8-6-5-7-9-10/h2,6-8H2,1,3-5H3;10H,4-9H2,1-3H3. The first kappa shape index (κ1) is 28.1. The molecule has 1 aliphatic carbocycles. The molecule has 1 rings (SSSR count). The van der Waals surface area contributed by atoms with Crippen LogP contribution in [0.1, 0.15) is 93.4 Å². The molecule has 0 atom stereocenters. The predicted molar refractivity (Wildman–Crippen MR) is 118 cm³/mol. The lowest BCUT2D eigenvalue weighted by atomic mass is 9.90. The molecule has 6 heteroatoms. The van der Waals surface area contributed by atoms with Gasteiger partial charge in [-0.15, -0.1) is 0 Å². The Kier molecular flexibility index (Phi) is 12.6. The smallest absolute Gasteiger partial charge is 0.333 e. The van der Waals surface area contributed by atoms with E-state index in [2.05, 4.69) is 6.58 Å². The molecule has 0 aromatic carbocycles. The van der Waals surface area contributed by atoms with Crippen LogP contribution in [0.4, 0.5) is 0 Å². The molecular weight excluding hydrogens is 384 g/mol. The molecule has 0 aromatic heterocycles. The van der Waals surface area contributed by atoms with Gasteiger partial charge in [-0.05, 0) is 73.1 Å². The highest BCUT2D eigenvalue weighted by Crippen LogP contribution is 2.26. The minimum Gasteiger partial charge on any atom is -0.462 e. The van der Waals surface area contributed by atoms with E-state index in [1.165, 1.54) is 19.3 Å². The van der Waals surface area contributed by atoms with E-state index in [9.17, 15) is 14.4 Å². The summed E-state index contributed by atoms with van der Waals surface area (Å²) in [5.41, 5.74) is -0.462. The highest BCUT2D eigenvalue weighted by Gasteiger charge is 2.30. The maximum atomic E-state index is 11.7. The van der Waals surface area contributed by atoms with Crippen molar-refractivity contribution >= 4 is 17.9 Å². The minimum absolute atomic E-state index is 0.0214. The van der Waals surface area contributed by atoms with E-state index < -0.39 is 11.4 Å². The van der Waals surface area contributed by atoms with E-state index in [0.29, 0.717) is 12.0 Å². The van der Waals surface area contributed by atoms with Crippen molar-refractivity contribution in [3.8, 4) is 0 Å². The summed E-state index contributed by atoms with van der Waals surface area (Å²) in [5.74, 6) is -0.765. The van der Waals surface area contributed by atoms with Crippen molar-refractivity contribution in [3.05, 3.63) is 12.2 Å². The van der Waals surface area contributed by atoms with Crippen LogP contribution >= 0.6 is 0 Å². The van der Waals surface area contributed by atoms with Gasteiger partial charge in [-0.3, -0.25) is 9.59 Å². The van der Waals surface area contributed by atoms with Gasteiger partial charge >= 0.3 is 17.9 Å². The van der Waals surface area contributed by atoms with Crippen molar-refractivity contribution in [2.24, 2.45) is 10.8 Å². The summed E-state index contributed by atoms with van der Waals surface area (Å²) in [6, 6.07) is 0. The van der Waals surface area contributed by atoms with Crippen molar-refractivity contribution in [1.29, 1.82) is 0 Å². The summed E-state index contributed by atoms with van der Waals surface area (Å²) in [6.07, 6.45) is 7.59. The molecule has 6 nitrogen and oxygen atoms in total. The first-order chi connectivity index (χ1) is 13.9. The molecule has 0 radical (unpaired) electrons. The average Bonchev–Trinajstić information content (AvgIpc) is 2.71. The highest BCUT2D eigenvalue weighted by atomic mass is 16.6. The van der Waals surface area contributed by atoms with Crippen molar-refractivity contribution in [2.45, 2.75) is 99.5 Å². The number of carbonyl (C=O) groups excluding carboxylic acids is 3. The summed E-state index contributed by atoms with van der Waals surface area (Å²) < 4.78 is 15.3. The zero-order chi connectivity index (χ0) is 23.4. The predicted octanol–water partition coefficient (Wildman–Crippen LogP) is 5.38. The van der Waals surface area contributed by atoms with Gasteiger partial charge in [0, 0.05) is 5.57 Å². The topological polar surface area (TPSA) is 78.9 Å². The van der Waals surface area contributed by atoms with Gasteiger partial charge in [0.2, 0.25) is 0 Å². The summed E-state index contributed by atoms with van der Waals surface area (Å²) in [7, 11) is 0. The summed E-state index contributed by atoms with van der Waals surface area (Å²) in [6.45, 7) is 16.6. The van der Waals surface area contributed by atoms with Crippen LogP contribution in [0.15, 0.2) is 12.2 Å². The molecule has 0 heterocycles. The number of rotatable bonds is 9. The van der Waals surface area contributed by atoms with Crippen LogP contribution < -0.4 is 0 Å². The third kappa shape index (κ3) is 10.8. The molecule has 1 aliphatic rings. The summed E-state index contributed by atoms with van der Waals surface area (Å²) in [4.78, 5) is 34.2. The Balaban J connectivity index is 0.000000564. The Bertz CT molecular complexity index is 570. The Hall–Kier alpha value is -1.85. The lowest BCUT2D eigenvalue weighted by molar-refractivity contribution is -0.161. The van der Waals surface area contributed by atoms with Crippen molar-refractivity contribution in [1.82, 2.24) is 0 Å². The second kappa shape index (κ2) is 13.5. The summed E-state index contributed by atoms with van der Waals surface area (Å²) in [5, 5.41) is 0. The van der Waals surface area contributed by atoms with Gasteiger partial charge in [0.05, 0.1) is 10.8 Å². The molecule has 0 aromatic rings. The minimum atomic E-state index is -0.488.